The topological polar surface area (TPSA) is 52.1 Å². The van der Waals surface area contributed by atoms with Gasteiger partial charge in [-0.3, -0.25) is 4.79 Å². The third-order valence-electron chi connectivity index (χ3n) is 1.95. The van der Waals surface area contributed by atoms with Gasteiger partial charge in [-0.15, -0.1) is 0 Å². The van der Waals surface area contributed by atoms with Crippen molar-refractivity contribution in [2.24, 2.45) is 0 Å². The molecular weight excluding hydrogens is 192 g/mol. The molecule has 0 unspecified atom stereocenters. The number of hydrogen-bond donors (Lipinski definition) is 0. The summed E-state index contributed by atoms with van der Waals surface area (Å²) in [6.45, 7) is 7.48. The van der Waals surface area contributed by atoms with E-state index in [2.05, 4.69) is 10.2 Å². The minimum Gasteiger partial charge on any atom is -0.371 e. The fraction of sp³-hybridized carbons (Fsp3) is 0.545. The second-order valence-corrected chi connectivity index (χ2v) is 3.77. The van der Waals surface area contributed by atoms with E-state index in [1.165, 1.54) is 0 Å². The van der Waals surface area contributed by atoms with Crippen LogP contribution in [-0.2, 0) is 4.74 Å². The Labute approximate surface area is 89.7 Å². The monoisotopic (exact) mass is 208 g/mol. The molecule has 0 atom stereocenters. The highest BCUT2D eigenvalue weighted by Gasteiger charge is 2.11. The summed E-state index contributed by atoms with van der Waals surface area (Å²) in [6.07, 6.45) is 0.0603. The summed E-state index contributed by atoms with van der Waals surface area (Å²) >= 11 is 0. The molecule has 0 aliphatic rings. The normalized spacial score (nSPS) is 10.7. The first-order valence-corrected chi connectivity index (χ1v) is 4.96. The smallest absolute Gasteiger partial charge is 0.190 e. The maximum absolute atomic E-state index is 11.7. The van der Waals surface area contributed by atoms with Crippen molar-refractivity contribution in [1.29, 1.82) is 0 Å². The third kappa shape index (κ3) is 3.40. The molecule has 0 aromatic carbocycles. The van der Waals surface area contributed by atoms with Crippen molar-refractivity contribution in [1.82, 2.24) is 10.2 Å². The van der Waals surface area contributed by atoms with E-state index in [0.29, 0.717) is 11.3 Å². The molecule has 0 aliphatic heterocycles. The molecule has 0 radical (unpaired) electrons. The van der Waals surface area contributed by atoms with E-state index in [1.54, 1.807) is 13.0 Å². The van der Waals surface area contributed by atoms with Crippen molar-refractivity contribution in [3.8, 4) is 0 Å². The number of ether oxygens (including phenoxy) is 1. The highest BCUT2D eigenvalue weighted by atomic mass is 16.5. The molecule has 4 nitrogen and oxygen atoms in total. The van der Waals surface area contributed by atoms with E-state index in [4.69, 9.17) is 4.74 Å². The van der Waals surface area contributed by atoms with Crippen LogP contribution in [0.5, 0.6) is 0 Å². The van der Waals surface area contributed by atoms with E-state index in [9.17, 15) is 4.79 Å². The van der Waals surface area contributed by atoms with Crippen LogP contribution in [0.2, 0.25) is 0 Å². The van der Waals surface area contributed by atoms with Crippen LogP contribution in [0.4, 0.5) is 0 Å². The number of carbonyl (C=O) groups is 1. The van der Waals surface area contributed by atoms with Crippen LogP contribution < -0.4 is 0 Å². The van der Waals surface area contributed by atoms with Gasteiger partial charge in [0.25, 0.3) is 0 Å². The molecule has 4 heteroatoms. The molecular formula is C11H16N2O2. The van der Waals surface area contributed by atoms with E-state index in [1.807, 2.05) is 20.8 Å². The largest absolute Gasteiger partial charge is 0.371 e. The van der Waals surface area contributed by atoms with E-state index in [-0.39, 0.29) is 18.5 Å². The predicted octanol–water partition coefficient (Wildman–Crippen LogP) is 1.70. The van der Waals surface area contributed by atoms with Gasteiger partial charge in [-0.05, 0) is 33.8 Å². The molecule has 0 amide bonds. The zero-order valence-corrected chi connectivity index (χ0v) is 9.57. The average molecular weight is 208 g/mol. The minimum absolute atomic E-state index is 0.0424. The van der Waals surface area contributed by atoms with E-state index < -0.39 is 0 Å². The van der Waals surface area contributed by atoms with Crippen LogP contribution >= 0.6 is 0 Å². The molecule has 0 aliphatic carbocycles. The number of Topliss-reactive ketones (excluding diaryl/α,β-unsaturated/α-hetero) is 1. The highest BCUT2D eigenvalue weighted by Crippen LogP contribution is 2.07. The van der Waals surface area contributed by atoms with Gasteiger partial charge in [0, 0.05) is 5.56 Å². The molecule has 0 N–H and O–H groups in total. The zero-order chi connectivity index (χ0) is 11.4. The molecule has 0 bridgehead atoms. The zero-order valence-electron chi connectivity index (χ0n) is 9.57. The Hall–Kier alpha value is -1.29. The minimum atomic E-state index is -0.0424. The highest BCUT2D eigenvalue weighted by molar-refractivity contribution is 5.98. The molecule has 0 spiro atoms. The van der Waals surface area contributed by atoms with Gasteiger partial charge in [-0.1, -0.05) is 0 Å². The van der Waals surface area contributed by atoms with Gasteiger partial charge in [0.05, 0.1) is 17.5 Å². The summed E-state index contributed by atoms with van der Waals surface area (Å²) in [5.41, 5.74) is 2.00. The first-order chi connectivity index (χ1) is 7.00. The summed E-state index contributed by atoms with van der Waals surface area (Å²) in [6, 6.07) is 1.74. The lowest BCUT2D eigenvalue weighted by Crippen LogP contribution is -2.15. The van der Waals surface area contributed by atoms with Crippen molar-refractivity contribution in [2.45, 2.75) is 33.8 Å². The van der Waals surface area contributed by atoms with Gasteiger partial charge in [0.2, 0.25) is 0 Å². The molecule has 0 saturated carbocycles. The molecule has 1 aromatic heterocycles. The standard InChI is InChI=1S/C11H16N2O2/c1-7(2)15-6-11(14)10-5-8(3)12-13-9(10)4/h5,7H,6H2,1-4H3. The third-order valence-corrected chi connectivity index (χ3v) is 1.95. The Bertz CT molecular complexity index is 362. The van der Waals surface area contributed by atoms with Crippen LogP contribution in [0.1, 0.15) is 35.6 Å². The Morgan fingerprint density at radius 2 is 2.07 bits per heavy atom. The van der Waals surface area contributed by atoms with Gasteiger partial charge in [0.1, 0.15) is 6.61 Å². The van der Waals surface area contributed by atoms with Gasteiger partial charge >= 0.3 is 0 Å². The molecule has 15 heavy (non-hydrogen) atoms. The number of aromatic nitrogens is 2. The lowest BCUT2D eigenvalue weighted by Gasteiger charge is -2.07. The Kier molecular flexibility index (Phi) is 3.91. The summed E-state index contributed by atoms with van der Waals surface area (Å²) in [7, 11) is 0. The SMILES string of the molecule is Cc1cc(C(=O)COC(C)C)c(C)nn1. The van der Waals surface area contributed by atoms with E-state index >= 15 is 0 Å². The molecule has 1 heterocycles. The molecule has 1 rings (SSSR count). The van der Waals surface area contributed by atoms with Crippen molar-refractivity contribution in [3.63, 3.8) is 0 Å². The number of ketones is 1. The van der Waals surface area contributed by atoms with E-state index in [0.717, 1.165) is 5.69 Å². The number of carbonyl (C=O) groups excluding carboxylic acids is 1. The fourth-order valence-corrected chi connectivity index (χ4v) is 1.15. The molecule has 0 fully saturated rings. The first-order valence-electron chi connectivity index (χ1n) is 4.96. The van der Waals surface area contributed by atoms with Crippen LogP contribution in [0, 0.1) is 13.8 Å². The van der Waals surface area contributed by atoms with Gasteiger partial charge in [-0.25, -0.2) is 0 Å². The van der Waals surface area contributed by atoms with Crippen molar-refractivity contribution < 1.29 is 9.53 Å². The summed E-state index contributed by atoms with van der Waals surface area (Å²) in [5.74, 6) is -0.0424. The van der Waals surface area contributed by atoms with Crippen LogP contribution in [0.3, 0.4) is 0 Å². The number of hydrogen-bond acceptors (Lipinski definition) is 4. The lowest BCUT2D eigenvalue weighted by atomic mass is 10.1. The predicted molar refractivity (Wildman–Crippen MR) is 56.9 cm³/mol. The number of aryl methyl sites for hydroxylation is 2. The molecule has 1 aromatic rings. The molecule has 0 saturated heterocycles. The second kappa shape index (κ2) is 4.98. The van der Waals surface area contributed by atoms with Gasteiger partial charge in [0.15, 0.2) is 5.78 Å². The average Bonchev–Trinajstić information content (AvgIpc) is 2.18. The van der Waals surface area contributed by atoms with Crippen molar-refractivity contribution in [2.75, 3.05) is 6.61 Å². The van der Waals surface area contributed by atoms with Gasteiger partial charge in [-0.2, -0.15) is 10.2 Å². The lowest BCUT2D eigenvalue weighted by molar-refractivity contribution is 0.0583. The summed E-state index contributed by atoms with van der Waals surface area (Å²) < 4.78 is 5.26. The number of nitrogens with zero attached hydrogens (tertiary/aromatic N) is 2. The fourth-order valence-electron chi connectivity index (χ4n) is 1.15. The van der Waals surface area contributed by atoms with Crippen LogP contribution in [0.25, 0.3) is 0 Å². The summed E-state index contributed by atoms with van der Waals surface area (Å²) in [5, 5.41) is 7.77. The van der Waals surface area contributed by atoms with Gasteiger partial charge < -0.3 is 4.74 Å². The Balaban J connectivity index is 2.77. The number of rotatable bonds is 4. The quantitative estimate of drug-likeness (QED) is 0.707. The van der Waals surface area contributed by atoms with Crippen molar-refractivity contribution in [3.05, 3.63) is 23.0 Å². The second-order valence-electron chi connectivity index (χ2n) is 3.77. The maximum atomic E-state index is 11.7. The molecule has 82 valence electrons. The van der Waals surface area contributed by atoms with Crippen LogP contribution in [0.15, 0.2) is 6.07 Å². The van der Waals surface area contributed by atoms with Crippen LogP contribution in [-0.4, -0.2) is 28.7 Å². The maximum Gasteiger partial charge on any atom is 0.190 e. The first kappa shape index (κ1) is 11.8. The van der Waals surface area contributed by atoms with Crippen molar-refractivity contribution >= 4 is 5.78 Å². The summed E-state index contributed by atoms with van der Waals surface area (Å²) in [4.78, 5) is 11.7. The Morgan fingerprint density at radius 1 is 1.40 bits per heavy atom. The Morgan fingerprint density at radius 3 is 2.67 bits per heavy atom.